The summed E-state index contributed by atoms with van der Waals surface area (Å²) >= 11 is 11.4. The third-order valence-corrected chi connectivity index (χ3v) is 5.56. The summed E-state index contributed by atoms with van der Waals surface area (Å²) in [7, 11) is 0. The maximum Gasteiger partial charge on any atom is 0.148 e. The zero-order valence-corrected chi connectivity index (χ0v) is 18.4. The summed E-state index contributed by atoms with van der Waals surface area (Å²) in [6.07, 6.45) is 2.28. The Bertz CT molecular complexity index is 791. The van der Waals surface area contributed by atoms with Gasteiger partial charge in [-0.05, 0) is 62.8 Å². The first-order chi connectivity index (χ1) is 13.1. The topological polar surface area (TPSA) is 25.4 Å². The smallest absolute Gasteiger partial charge is 0.148 e. The van der Waals surface area contributed by atoms with E-state index in [0.29, 0.717) is 0 Å². The maximum absolute atomic E-state index is 5.81. The second-order valence-electron chi connectivity index (χ2n) is 6.00. The molecule has 0 saturated heterocycles. The Morgan fingerprint density at radius 3 is 2.44 bits per heavy atom. The van der Waals surface area contributed by atoms with E-state index in [4.69, 9.17) is 16.3 Å². The van der Waals surface area contributed by atoms with E-state index in [-0.39, 0.29) is 0 Å². The molecule has 0 aliphatic carbocycles. The Morgan fingerprint density at radius 1 is 1.07 bits per heavy atom. The predicted molar refractivity (Wildman–Crippen MR) is 121 cm³/mol. The minimum absolute atomic E-state index is 0.777. The lowest BCUT2D eigenvalue weighted by atomic mass is 10.3. The van der Waals surface area contributed by atoms with Crippen molar-refractivity contribution in [2.75, 3.05) is 26.2 Å². The van der Waals surface area contributed by atoms with Crippen molar-refractivity contribution in [1.82, 2.24) is 9.88 Å². The lowest BCUT2D eigenvalue weighted by Gasteiger charge is -2.17. The van der Waals surface area contributed by atoms with Crippen molar-refractivity contribution in [1.29, 1.82) is 0 Å². The Hall–Kier alpha value is -1.27. The largest absolute Gasteiger partial charge is 0.494 e. The van der Waals surface area contributed by atoms with E-state index < -0.39 is 0 Å². The number of halogens is 1. The number of unbranched alkanes of at least 4 members (excludes halogenated alkanes) is 1. The van der Waals surface area contributed by atoms with Crippen LogP contribution in [0.5, 0.6) is 5.75 Å². The Morgan fingerprint density at radius 2 is 1.81 bits per heavy atom. The van der Waals surface area contributed by atoms with E-state index in [1.54, 1.807) is 11.3 Å². The quantitative estimate of drug-likeness (QED) is 0.334. The van der Waals surface area contributed by atoms with Crippen LogP contribution in [-0.2, 0) is 0 Å². The number of nitrogens with zero attached hydrogens (tertiary/aromatic N) is 2. The summed E-state index contributed by atoms with van der Waals surface area (Å²) in [5.41, 5.74) is 0.994. The highest BCUT2D eigenvalue weighted by molar-refractivity contribution is 7.82. The molecule has 0 amide bonds. The Kier molecular flexibility index (Phi) is 9.98. The number of ether oxygens (including phenoxy) is 1. The summed E-state index contributed by atoms with van der Waals surface area (Å²) in [6, 6.07) is 15.5. The second-order valence-corrected chi connectivity index (χ2v) is 8.20. The molecule has 3 aromatic rings. The third kappa shape index (κ3) is 8.09. The Labute approximate surface area is 176 Å². The normalized spacial score (nSPS) is 10.7. The van der Waals surface area contributed by atoms with Crippen LogP contribution >= 0.6 is 35.6 Å². The molecule has 0 bridgehead atoms. The molecule has 3 nitrogen and oxygen atoms in total. The number of rotatable bonds is 8. The van der Waals surface area contributed by atoms with Gasteiger partial charge in [-0.1, -0.05) is 43.6 Å². The van der Waals surface area contributed by atoms with E-state index >= 15 is 0 Å². The molecular weight excluding hydrogens is 396 g/mol. The lowest BCUT2D eigenvalue weighted by molar-refractivity contribution is 0.266. The third-order valence-electron chi connectivity index (χ3n) is 4.11. The number of benzene rings is 2. The Balaban J connectivity index is 0.000000313. The molecule has 27 heavy (non-hydrogen) atoms. The van der Waals surface area contributed by atoms with Crippen LogP contribution in [0.25, 0.3) is 10.2 Å². The van der Waals surface area contributed by atoms with Crippen LogP contribution < -0.4 is 4.74 Å². The molecule has 2 aromatic carbocycles. The van der Waals surface area contributed by atoms with Crippen LogP contribution in [0.4, 0.5) is 0 Å². The molecule has 0 fully saturated rings. The number of aromatic nitrogens is 1. The fourth-order valence-electron chi connectivity index (χ4n) is 2.56. The molecule has 0 radical (unpaired) electrons. The first-order valence-electron chi connectivity index (χ1n) is 9.27. The van der Waals surface area contributed by atoms with Gasteiger partial charge in [0, 0.05) is 5.02 Å². The molecule has 0 atom stereocenters. The van der Waals surface area contributed by atoms with Gasteiger partial charge in [0.15, 0.2) is 0 Å². The van der Waals surface area contributed by atoms with E-state index in [1.807, 2.05) is 42.5 Å². The van der Waals surface area contributed by atoms with Crippen LogP contribution in [0, 0.1) is 0 Å². The number of hydrogen-bond acceptors (Lipinski definition) is 5. The van der Waals surface area contributed by atoms with Crippen LogP contribution in [0.15, 0.2) is 52.9 Å². The van der Waals surface area contributed by atoms with Gasteiger partial charge in [0.25, 0.3) is 0 Å². The summed E-state index contributed by atoms with van der Waals surface area (Å²) in [5.74, 6) is 0.928. The number of fused-ring (bicyclic) bond motifs is 1. The summed E-state index contributed by atoms with van der Waals surface area (Å²) in [5, 5.41) is 0.794. The van der Waals surface area contributed by atoms with Gasteiger partial charge in [0.05, 0.1) is 16.8 Å². The van der Waals surface area contributed by atoms with Crippen molar-refractivity contribution in [3.8, 4) is 5.75 Å². The predicted octanol–water partition coefficient (Wildman–Crippen LogP) is 6.43. The first kappa shape index (κ1) is 22.0. The first-order valence-corrected chi connectivity index (χ1v) is 10.9. The van der Waals surface area contributed by atoms with E-state index in [9.17, 15) is 0 Å². The fourth-order valence-corrected chi connectivity index (χ4v) is 3.85. The molecular formula is C21H27ClN2OS2. The van der Waals surface area contributed by atoms with Crippen molar-refractivity contribution in [2.45, 2.75) is 31.0 Å². The molecule has 1 aromatic heterocycles. The molecule has 0 aliphatic heterocycles. The highest BCUT2D eigenvalue weighted by atomic mass is 35.5. The van der Waals surface area contributed by atoms with Crippen molar-refractivity contribution in [3.63, 3.8) is 0 Å². The molecule has 1 heterocycles. The van der Waals surface area contributed by atoms with Gasteiger partial charge < -0.3 is 9.64 Å². The van der Waals surface area contributed by atoms with Crippen molar-refractivity contribution < 1.29 is 4.74 Å². The standard InChI is InChI=1S/C15H22N2OS2.C6H5Cl/c1-3-17(4-2)9-5-6-10-18-12-7-8-13-14(11-12)20-15(19)16-13;7-6-4-2-1-3-5-6/h7-8,11H,3-6,9-10H2,1-2H3,(H,16,19);1-5H. The van der Waals surface area contributed by atoms with Gasteiger partial charge in [0.2, 0.25) is 0 Å². The monoisotopic (exact) mass is 422 g/mol. The number of thiol groups is 1. The van der Waals surface area contributed by atoms with Crippen molar-refractivity contribution >= 4 is 45.8 Å². The molecule has 0 aliphatic rings. The molecule has 0 spiro atoms. The van der Waals surface area contributed by atoms with Gasteiger partial charge >= 0.3 is 0 Å². The SMILES string of the molecule is CCN(CC)CCCCOc1ccc2nc(S)sc2c1.Clc1ccccc1. The van der Waals surface area contributed by atoms with Gasteiger partial charge in [-0.3, -0.25) is 0 Å². The van der Waals surface area contributed by atoms with E-state index in [0.717, 1.165) is 58.0 Å². The maximum atomic E-state index is 5.81. The van der Waals surface area contributed by atoms with Gasteiger partial charge in [-0.15, -0.1) is 24.0 Å². The van der Waals surface area contributed by atoms with Crippen LogP contribution in [-0.4, -0.2) is 36.1 Å². The van der Waals surface area contributed by atoms with Gasteiger partial charge in [0.1, 0.15) is 10.1 Å². The minimum atomic E-state index is 0.777. The molecule has 146 valence electrons. The molecule has 3 rings (SSSR count). The van der Waals surface area contributed by atoms with Gasteiger partial charge in [-0.2, -0.15) is 0 Å². The molecule has 0 N–H and O–H groups in total. The van der Waals surface area contributed by atoms with Crippen LogP contribution in [0.2, 0.25) is 5.02 Å². The van der Waals surface area contributed by atoms with E-state index in [2.05, 4.69) is 42.4 Å². The number of hydrogen-bond donors (Lipinski definition) is 1. The van der Waals surface area contributed by atoms with Crippen molar-refractivity contribution in [2.24, 2.45) is 0 Å². The second kappa shape index (κ2) is 12.2. The summed E-state index contributed by atoms with van der Waals surface area (Å²) in [6.45, 7) is 8.61. The molecule has 0 unspecified atom stereocenters. The molecule has 6 heteroatoms. The van der Waals surface area contributed by atoms with Crippen LogP contribution in [0.3, 0.4) is 0 Å². The van der Waals surface area contributed by atoms with Gasteiger partial charge in [-0.25, -0.2) is 4.98 Å². The average Bonchev–Trinajstić information content (AvgIpc) is 3.05. The highest BCUT2D eigenvalue weighted by Crippen LogP contribution is 2.28. The summed E-state index contributed by atoms with van der Waals surface area (Å²) < 4.78 is 7.74. The minimum Gasteiger partial charge on any atom is -0.494 e. The highest BCUT2D eigenvalue weighted by Gasteiger charge is 2.03. The summed E-state index contributed by atoms with van der Waals surface area (Å²) in [4.78, 5) is 6.77. The van der Waals surface area contributed by atoms with E-state index in [1.165, 1.54) is 6.42 Å². The average molecular weight is 423 g/mol. The van der Waals surface area contributed by atoms with Crippen LogP contribution in [0.1, 0.15) is 26.7 Å². The number of thiazole rings is 1. The van der Waals surface area contributed by atoms with Crippen molar-refractivity contribution in [3.05, 3.63) is 53.6 Å². The zero-order chi connectivity index (χ0) is 19.5. The fraction of sp³-hybridized carbons (Fsp3) is 0.381. The lowest BCUT2D eigenvalue weighted by Crippen LogP contribution is -2.24. The zero-order valence-electron chi connectivity index (χ0n) is 15.9. The molecule has 0 saturated carbocycles.